The number of aliphatic imine (C=N–C) groups is 1. The van der Waals surface area contributed by atoms with Crippen molar-refractivity contribution < 1.29 is 24.2 Å². The molecule has 0 saturated heterocycles. The second-order valence-corrected chi connectivity index (χ2v) is 8.10. The van der Waals surface area contributed by atoms with Gasteiger partial charge in [0.2, 0.25) is 5.75 Å². The number of nitrogens with zero attached hydrogens (tertiary/aromatic N) is 4. The van der Waals surface area contributed by atoms with E-state index >= 15 is 0 Å². The molecule has 0 aromatic heterocycles. The van der Waals surface area contributed by atoms with Crippen molar-refractivity contribution in [1.82, 2.24) is 0 Å². The van der Waals surface area contributed by atoms with Crippen molar-refractivity contribution in [1.29, 1.82) is 0 Å². The van der Waals surface area contributed by atoms with E-state index in [9.17, 15) is 25.0 Å². The molecule has 3 aromatic carbocycles. The number of ether oxygens (including phenoxy) is 1. The summed E-state index contributed by atoms with van der Waals surface area (Å²) in [7, 11) is 0. The van der Waals surface area contributed by atoms with E-state index in [4.69, 9.17) is 14.6 Å². The Bertz CT molecular complexity index is 1300. The Labute approximate surface area is 218 Å². The average Bonchev–Trinajstić information content (AvgIpc) is 2.92. The van der Waals surface area contributed by atoms with Gasteiger partial charge in [-0.25, -0.2) is 4.79 Å². The highest BCUT2D eigenvalue weighted by molar-refractivity contribution is 6.13. The van der Waals surface area contributed by atoms with Gasteiger partial charge in [0, 0.05) is 17.2 Å². The van der Waals surface area contributed by atoms with Crippen molar-refractivity contribution in [2.45, 2.75) is 32.7 Å². The zero-order chi connectivity index (χ0) is 27.5. The molecule has 0 aliphatic heterocycles. The Kier molecular flexibility index (Phi) is 9.75. The lowest BCUT2D eigenvalue weighted by Gasteiger charge is -2.15. The number of esters is 1. The molecule has 0 aliphatic carbocycles. The lowest BCUT2D eigenvalue weighted by atomic mass is 10.0. The number of carbonyl (C=O) groups excluding carboxylic acids is 1. The van der Waals surface area contributed by atoms with Gasteiger partial charge in [-0.1, -0.05) is 65.8 Å². The number of carbonyl (C=O) groups is 1. The van der Waals surface area contributed by atoms with Crippen LogP contribution in [-0.2, 0) is 9.53 Å². The SMILES string of the molecule is CCOC(=O)C(CC/C(C)=N/Oc1ccc([N+](=O)[O-])cc1[N+](=O)[O-])N=C(c1ccccc1)c1ccccc1. The van der Waals surface area contributed by atoms with Crippen LogP contribution < -0.4 is 4.84 Å². The molecule has 0 N–H and O–H groups in total. The lowest BCUT2D eigenvalue weighted by Crippen LogP contribution is -2.24. The summed E-state index contributed by atoms with van der Waals surface area (Å²) in [4.78, 5) is 43.5. The van der Waals surface area contributed by atoms with Gasteiger partial charge in [0.05, 0.1) is 33.9 Å². The number of hydrogen-bond acceptors (Lipinski definition) is 9. The van der Waals surface area contributed by atoms with Crippen LogP contribution in [0.1, 0.15) is 37.8 Å². The van der Waals surface area contributed by atoms with Gasteiger partial charge < -0.3 is 9.57 Å². The van der Waals surface area contributed by atoms with E-state index < -0.39 is 33.2 Å². The predicted octanol–water partition coefficient (Wildman–Crippen LogP) is 5.51. The Morgan fingerprint density at radius 1 is 0.921 bits per heavy atom. The molecule has 0 saturated carbocycles. The summed E-state index contributed by atoms with van der Waals surface area (Å²) in [6.07, 6.45) is 0.508. The van der Waals surface area contributed by atoms with Gasteiger partial charge in [0.1, 0.15) is 6.04 Å². The van der Waals surface area contributed by atoms with E-state index in [1.54, 1.807) is 13.8 Å². The van der Waals surface area contributed by atoms with Crippen LogP contribution in [0.3, 0.4) is 0 Å². The molecule has 3 aromatic rings. The highest BCUT2D eigenvalue weighted by atomic mass is 16.7. The second kappa shape index (κ2) is 13.4. The van der Waals surface area contributed by atoms with Gasteiger partial charge in [-0.3, -0.25) is 25.2 Å². The van der Waals surface area contributed by atoms with Crippen molar-refractivity contribution in [2.75, 3.05) is 6.61 Å². The minimum absolute atomic E-state index is 0.191. The van der Waals surface area contributed by atoms with E-state index in [1.165, 1.54) is 0 Å². The summed E-state index contributed by atoms with van der Waals surface area (Å²) in [6, 6.07) is 21.1. The Morgan fingerprint density at radius 2 is 1.53 bits per heavy atom. The Hall–Kier alpha value is -4.93. The molecule has 0 bridgehead atoms. The standard InChI is InChI=1S/C27H26N4O7/c1-3-37-27(32)23(28-26(20-10-6-4-7-11-20)21-12-8-5-9-13-21)16-14-19(2)29-38-25-17-15-22(30(33)34)18-24(25)31(35)36/h4-13,15,17-18,23H,3,14,16H2,1-2H3/b29-19+. The molecule has 1 atom stereocenters. The zero-order valence-electron chi connectivity index (χ0n) is 20.9. The molecule has 3 rings (SSSR count). The number of oxime groups is 1. The number of rotatable bonds is 12. The summed E-state index contributed by atoms with van der Waals surface area (Å²) in [6.45, 7) is 3.54. The molecule has 38 heavy (non-hydrogen) atoms. The minimum Gasteiger partial charge on any atom is -0.464 e. The first-order valence-electron chi connectivity index (χ1n) is 11.8. The van der Waals surface area contributed by atoms with Crippen molar-refractivity contribution in [3.05, 3.63) is 110 Å². The molecule has 0 heterocycles. The van der Waals surface area contributed by atoms with Crippen molar-refractivity contribution in [3.8, 4) is 5.75 Å². The largest absolute Gasteiger partial charge is 0.464 e. The predicted molar refractivity (Wildman–Crippen MR) is 142 cm³/mol. The molecule has 11 nitrogen and oxygen atoms in total. The van der Waals surface area contributed by atoms with Crippen LogP contribution in [-0.4, -0.2) is 39.9 Å². The molecule has 0 radical (unpaired) electrons. The summed E-state index contributed by atoms with van der Waals surface area (Å²) < 4.78 is 5.26. The third kappa shape index (κ3) is 7.53. The normalized spacial score (nSPS) is 11.8. The van der Waals surface area contributed by atoms with E-state index in [0.717, 1.165) is 29.3 Å². The first kappa shape index (κ1) is 27.7. The van der Waals surface area contributed by atoms with Gasteiger partial charge >= 0.3 is 11.7 Å². The maximum atomic E-state index is 12.8. The maximum absolute atomic E-state index is 12.8. The first-order valence-corrected chi connectivity index (χ1v) is 11.8. The fourth-order valence-corrected chi connectivity index (χ4v) is 3.49. The van der Waals surface area contributed by atoms with Crippen molar-refractivity contribution in [3.63, 3.8) is 0 Å². The molecule has 11 heteroatoms. The lowest BCUT2D eigenvalue weighted by molar-refractivity contribution is -0.394. The average molecular weight is 519 g/mol. The molecular weight excluding hydrogens is 492 g/mol. The number of benzene rings is 3. The molecule has 1 unspecified atom stereocenters. The van der Waals surface area contributed by atoms with Gasteiger partial charge in [-0.2, -0.15) is 0 Å². The number of nitro benzene ring substituents is 2. The summed E-state index contributed by atoms with van der Waals surface area (Å²) in [5.74, 6) is -0.730. The van der Waals surface area contributed by atoms with Crippen LogP contribution in [0.15, 0.2) is 89.0 Å². The quantitative estimate of drug-likeness (QED) is 0.133. The van der Waals surface area contributed by atoms with Crippen molar-refractivity contribution in [2.24, 2.45) is 10.1 Å². The van der Waals surface area contributed by atoms with Crippen LogP contribution in [0.2, 0.25) is 0 Å². The van der Waals surface area contributed by atoms with Gasteiger partial charge in [-0.15, -0.1) is 0 Å². The minimum atomic E-state index is -0.843. The third-order valence-electron chi connectivity index (χ3n) is 5.37. The topological polar surface area (TPSA) is 147 Å². The molecule has 0 aliphatic rings. The molecular formula is C27H26N4O7. The van der Waals surface area contributed by atoms with Crippen LogP contribution in [0.5, 0.6) is 5.75 Å². The monoisotopic (exact) mass is 518 g/mol. The summed E-state index contributed by atoms with van der Waals surface area (Å²) in [5, 5.41) is 26.2. The van der Waals surface area contributed by atoms with E-state index in [0.29, 0.717) is 11.4 Å². The van der Waals surface area contributed by atoms with E-state index in [-0.39, 0.29) is 25.2 Å². The molecule has 196 valence electrons. The fraction of sp³-hybridized carbons (Fsp3) is 0.222. The first-order chi connectivity index (χ1) is 18.3. The van der Waals surface area contributed by atoms with Crippen LogP contribution in [0.4, 0.5) is 11.4 Å². The zero-order valence-corrected chi connectivity index (χ0v) is 20.9. The summed E-state index contributed by atoms with van der Waals surface area (Å²) in [5.41, 5.74) is 1.73. The van der Waals surface area contributed by atoms with E-state index in [1.807, 2.05) is 60.7 Å². The maximum Gasteiger partial charge on any atom is 0.330 e. The van der Waals surface area contributed by atoms with Crippen molar-refractivity contribution >= 4 is 28.8 Å². The Morgan fingerprint density at radius 3 is 2.05 bits per heavy atom. The number of nitro groups is 2. The number of hydrogen-bond donors (Lipinski definition) is 0. The van der Waals surface area contributed by atoms with Crippen LogP contribution in [0.25, 0.3) is 0 Å². The van der Waals surface area contributed by atoms with Gasteiger partial charge in [0.15, 0.2) is 0 Å². The van der Waals surface area contributed by atoms with Crippen LogP contribution >= 0.6 is 0 Å². The smallest absolute Gasteiger partial charge is 0.330 e. The van der Waals surface area contributed by atoms with Gasteiger partial charge in [0.25, 0.3) is 5.69 Å². The second-order valence-electron chi connectivity index (χ2n) is 8.10. The highest BCUT2D eigenvalue weighted by Gasteiger charge is 2.23. The summed E-state index contributed by atoms with van der Waals surface area (Å²) >= 11 is 0. The van der Waals surface area contributed by atoms with E-state index in [2.05, 4.69) is 5.16 Å². The Balaban J connectivity index is 1.84. The third-order valence-corrected chi connectivity index (χ3v) is 5.37. The highest BCUT2D eigenvalue weighted by Crippen LogP contribution is 2.31. The molecule has 0 amide bonds. The number of non-ortho nitro benzene ring substituents is 1. The van der Waals surface area contributed by atoms with Gasteiger partial charge in [-0.05, 0) is 32.8 Å². The molecule has 0 spiro atoms. The van der Waals surface area contributed by atoms with Crippen LogP contribution in [0, 0.1) is 20.2 Å². The fourth-order valence-electron chi connectivity index (χ4n) is 3.49. The molecule has 0 fully saturated rings.